The first-order chi connectivity index (χ1) is 8.24. The third kappa shape index (κ3) is 1.75. The Bertz CT molecular complexity index is 451. The van der Waals surface area contributed by atoms with E-state index in [4.69, 9.17) is 10.5 Å². The maximum Gasteiger partial charge on any atom is 0.407 e. The fourth-order valence-corrected chi connectivity index (χ4v) is 2.44. The summed E-state index contributed by atoms with van der Waals surface area (Å²) in [5.74, 6) is 0. The van der Waals surface area contributed by atoms with Crippen molar-refractivity contribution in [2.45, 2.75) is 18.6 Å². The Kier molecular flexibility index (Phi) is 2.28. The summed E-state index contributed by atoms with van der Waals surface area (Å²) in [5.41, 5.74) is 7.53. The van der Waals surface area contributed by atoms with Gasteiger partial charge in [-0.1, -0.05) is 0 Å². The minimum absolute atomic E-state index is 0.00168. The number of hydrogen-bond donors (Lipinski definition) is 2. The molecule has 0 aromatic carbocycles. The number of nitrogens with two attached hydrogens (primary N) is 1. The molecular weight excluding hydrogens is 220 g/mol. The zero-order valence-corrected chi connectivity index (χ0v) is 9.30. The summed E-state index contributed by atoms with van der Waals surface area (Å²) in [7, 11) is 0. The lowest BCUT2D eigenvalue weighted by Gasteiger charge is -2.34. The lowest BCUT2D eigenvalue weighted by atomic mass is 10.0. The van der Waals surface area contributed by atoms with Crippen LogP contribution in [0.3, 0.4) is 0 Å². The summed E-state index contributed by atoms with van der Waals surface area (Å²) in [6.07, 6.45) is 3.88. The van der Waals surface area contributed by atoms with Gasteiger partial charge in [-0.05, 0) is 6.07 Å². The van der Waals surface area contributed by atoms with Crippen molar-refractivity contribution in [1.82, 2.24) is 10.3 Å². The number of nitrogens with zero attached hydrogens (tertiary/aromatic N) is 2. The number of ether oxygens (including phenoxy) is 1. The first-order valence-electron chi connectivity index (χ1n) is 5.65. The molecule has 3 rings (SSSR count). The van der Waals surface area contributed by atoms with E-state index in [9.17, 15) is 4.79 Å². The van der Waals surface area contributed by atoms with E-state index in [1.54, 1.807) is 12.4 Å². The second-order valence-corrected chi connectivity index (χ2v) is 4.36. The van der Waals surface area contributed by atoms with Gasteiger partial charge in [0, 0.05) is 25.7 Å². The Morgan fingerprint density at radius 3 is 3.29 bits per heavy atom. The van der Waals surface area contributed by atoms with Crippen molar-refractivity contribution in [3.8, 4) is 0 Å². The summed E-state index contributed by atoms with van der Waals surface area (Å²) in [4.78, 5) is 17.3. The number of nitrogens with one attached hydrogen (secondary N) is 1. The van der Waals surface area contributed by atoms with Crippen molar-refractivity contribution < 1.29 is 9.53 Å². The average molecular weight is 234 g/mol. The molecule has 0 radical (unpaired) electrons. The second kappa shape index (κ2) is 3.80. The molecule has 1 aromatic rings. The number of aromatic nitrogens is 1. The summed E-state index contributed by atoms with van der Waals surface area (Å²) in [5, 5.41) is 2.82. The number of hydrogen-bond acceptors (Lipinski definition) is 5. The highest BCUT2D eigenvalue weighted by atomic mass is 16.6. The van der Waals surface area contributed by atoms with Gasteiger partial charge in [0.2, 0.25) is 0 Å². The molecule has 2 aliphatic rings. The molecule has 2 aliphatic heterocycles. The summed E-state index contributed by atoms with van der Waals surface area (Å²) < 4.78 is 5.16. The van der Waals surface area contributed by atoms with Crippen LogP contribution in [0.1, 0.15) is 6.42 Å². The Morgan fingerprint density at radius 1 is 1.59 bits per heavy atom. The van der Waals surface area contributed by atoms with Gasteiger partial charge in [-0.15, -0.1) is 0 Å². The number of fused-ring (bicyclic) bond motifs is 1. The van der Waals surface area contributed by atoms with Crippen LogP contribution in [0, 0.1) is 0 Å². The van der Waals surface area contributed by atoms with Crippen LogP contribution in [-0.4, -0.2) is 36.3 Å². The molecule has 1 aromatic heterocycles. The highest BCUT2D eigenvalue weighted by Gasteiger charge is 2.38. The number of carbonyl (C=O) groups is 1. The molecule has 0 spiro atoms. The molecule has 6 nitrogen and oxygen atoms in total. The number of piperidine rings is 1. The predicted molar refractivity (Wildman–Crippen MR) is 62.7 cm³/mol. The number of nitrogen functional groups attached to an aromatic ring is 1. The fraction of sp³-hybridized carbons (Fsp3) is 0.455. The lowest BCUT2D eigenvalue weighted by Crippen LogP contribution is -2.49. The molecule has 1 amide bonds. The van der Waals surface area contributed by atoms with E-state index >= 15 is 0 Å². The summed E-state index contributed by atoms with van der Waals surface area (Å²) in [6.45, 7) is 1.56. The van der Waals surface area contributed by atoms with Crippen molar-refractivity contribution in [2.24, 2.45) is 0 Å². The van der Waals surface area contributed by atoms with Gasteiger partial charge in [0.15, 0.2) is 0 Å². The molecule has 2 saturated heterocycles. The molecule has 17 heavy (non-hydrogen) atoms. The first-order valence-corrected chi connectivity index (χ1v) is 5.65. The number of pyridine rings is 1. The zero-order valence-electron chi connectivity index (χ0n) is 9.30. The third-order valence-electron chi connectivity index (χ3n) is 3.28. The first kappa shape index (κ1) is 10.2. The Hall–Kier alpha value is -1.98. The van der Waals surface area contributed by atoms with E-state index in [2.05, 4.69) is 15.2 Å². The average Bonchev–Trinajstić information content (AvgIpc) is 2.68. The van der Waals surface area contributed by atoms with Crippen molar-refractivity contribution in [2.75, 3.05) is 23.7 Å². The van der Waals surface area contributed by atoms with E-state index in [1.165, 1.54) is 0 Å². The molecule has 0 unspecified atom stereocenters. The van der Waals surface area contributed by atoms with Crippen LogP contribution in [0.25, 0.3) is 0 Å². The highest BCUT2D eigenvalue weighted by Crippen LogP contribution is 2.27. The van der Waals surface area contributed by atoms with Crippen LogP contribution in [0.5, 0.6) is 0 Å². The monoisotopic (exact) mass is 234 g/mol. The molecular formula is C11H14N4O2. The van der Waals surface area contributed by atoms with E-state index in [-0.39, 0.29) is 18.2 Å². The Labute approximate surface area is 98.8 Å². The second-order valence-electron chi connectivity index (χ2n) is 4.36. The lowest BCUT2D eigenvalue weighted by molar-refractivity contribution is 0.121. The largest absolute Gasteiger partial charge is 0.444 e. The third-order valence-corrected chi connectivity index (χ3v) is 3.28. The van der Waals surface area contributed by atoms with E-state index in [0.717, 1.165) is 25.2 Å². The number of alkyl carbamates (subject to hydrolysis) is 1. The van der Waals surface area contributed by atoms with Crippen molar-refractivity contribution in [1.29, 1.82) is 0 Å². The molecule has 0 saturated carbocycles. The number of anilines is 2. The van der Waals surface area contributed by atoms with Gasteiger partial charge in [0.05, 0.1) is 23.6 Å². The fourth-order valence-electron chi connectivity index (χ4n) is 2.44. The maximum absolute atomic E-state index is 11.1. The van der Waals surface area contributed by atoms with E-state index in [0.29, 0.717) is 5.69 Å². The molecule has 0 aliphatic carbocycles. The van der Waals surface area contributed by atoms with Crippen LogP contribution in [0.15, 0.2) is 18.5 Å². The van der Waals surface area contributed by atoms with Crippen molar-refractivity contribution >= 4 is 17.5 Å². The minimum atomic E-state index is -0.315. The van der Waals surface area contributed by atoms with Gasteiger partial charge < -0.3 is 20.7 Å². The van der Waals surface area contributed by atoms with E-state index in [1.807, 2.05) is 6.07 Å². The quantitative estimate of drug-likeness (QED) is 0.733. The Morgan fingerprint density at radius 2 is 2.47 bits per heavy atom. The van der Waals surface area contributed by atoms with Gasteiger partial charge in [-0.2, -0.15) is 0 Å². The topological polar surface area (TPSA) is 80.5 Å². The summed E-state index contributed by atoms with van der Waals surface area (Å²) in [6, 6.07) is 1.96. The zero-order chi connectivity index (χ0) is 11.8. The number of carbonyl (C=O) groups excluding carboxylic acids is 1. The van der Waals surface area contributed by atoms with Crippen LogP contribution in [-0.2, 0) is 4.74 Å². The molecule has 0 bridgehead atoms. The molecule has 2 atom stereocenters. The van der Waals surface area contributed by atoms with Gasteiger partial charge >= 0.3 is 6.09 Å². The Balaban J connectivity index is 1.79. The molecule has 2 fully saturated rings. The van der Waals surface area contributed by atoms with Crippen LogP contribution in [0.4, 0.5) is 16.2 Å². The number of amides is 1. The van der Waals surface area contributed by atoms with E-state index < -0.39 is 0 Å². The van der Waals surface area contributed by atoms with Crippen molar-refractivity contribution in [3.63, 3.8) is 0 Å². The van der Waals surface area contributed by atoms with Gasteiger partial charge in [-0.3, -0.25) is 4.98 Å². The van der Waals surface area contributed by atoms with Crippen LogP contribution < -0.4 is 16.0 Å². The molecule has 3 N–H and O–H groups in total. The van der Waals surface area contributed by atoms with Crippen LogP contribution in [0.2, 0.25) is 0 Å². The normalized spacial score (nSPS) is 27.3. The van der Waals surface area contributed by atoms with Gasteiger partial charge in [0.25, 0.3) is 0 Å². The molecule has 3 heterocycles. The van der Waals surface area contributed by atoms with Crippen molar-refractivity contribution in [3.05, 3.63) is 18.5 Å². The molecule has 6 heteroatoms. The maximum atomic E-state index is 11.1. The van der Waals surface area contributed by atoms with Gasteiger partial charge in [0.1, 0.15) is 6.10 Å². The highest BCUT2D eigenvalue weighted by molar-refractivity contribution is 5.71. The van der Waals surface area contributed by atoms with Gasteiger partial charge in [-0.25, -0.2) is 4.79 Å². The number of rotatable bonds is 1. The standard InChI is InChI=1S/C11H14N4O2/c12-7-5-13-3-1-9(7)15-4-2-10-8(6-15)14-11(16)17-10/h1,3,5,8,10H,2,4,6,12H2,(H,14,16)/t8-,10+/m1/s1. The minimum Gasteiger partial charge on any atom is -0.444 e. The predicted octanol–water partition coefficient (Wildman–Crippen LogP) is 0.351. The SMILES string of the molecule is Nc1cnccc1N1CC[C@@H]2OC(=O)N[C@@H]2C1. The smallest absolute Gasteiger partial charge is 0.407 e. The van der Waals surface area contributed by atoms with Crippen LogP contribution >= 0.6 is 0 Å². The molecule has 90 valence electrons. The summed E-state index contributed by atoms with van der Waals surface area (Å²) >= 11 is 0.